The number of hydrogen-bond donors (Lipinski definition) is 1. The number of carbonyl (C=O) groups excluding carboxylic acids is 1. The van der Waals surface area contributed by atoms with Gasteiger partial charge in [0.1, 0.15) is 0 Å². The Balaban J connectivity index is 1.61. The highest BCUT2D eigenvalue weighted by Crippen LogP contribution is 2.25. The molecule has 1 N–H and O–H groups in total. The lowest BCUT2D eigenvalue weighted by atomic mass is 10.1. The van der Waals surface area contributed by atoms with E-state index in [1.165, 1.54) is 12.1 Å². The predicted octanol–water partition coefficient (Wildman–Crippen LogP) is 3.83. The first-order chi connectivity index (χ1) is 12.9. The molecule has 0 aliphatic heterocycles. The second-order valence-electron chi connectivity index (χ2n) is 6.12. The predicted molar refractivity (Wildman–Crippen MR) is 99.3 cm³/mol. The Hall–Kier alpha value is -3.55. The average molecular weight is 366 g/mol. The molecule has 8 nitrogen and oxygen atoms in total. The summed E-state index contributed by atoms with van der Waals surface area (Å²) in [6, 6.07) is 12.3. The molecule has 3 aromatic rings. The van der Waals surface area contributed by atoms with Crippen LogP contribution in [0.1, 0.15) is 23.4 Å². The van der Waals surface area contributed by atoms with E-state index in [9.17, 15) is 14.9 Å². The smallest absolute Gasteiger partial charge is 0.274 e. The van der Waals surface area contributed by atoms with Gasteiger partial charge in [0.25, 0.3) is 5.69 Å². The summed E-state index contributed by atoms with van der Waals surface area (Å²) < 4.78 is 5.59. The maximum atomic E-state index is 12.2. The minimum atomic E-state index is -0.476. The summed E-state index contributed by atoms with van der Waals surface area (Å²) in [6.45, 7) is 3.59. The van der Waals surface area contributed by atoms with Crippen LogP contribution in [0.25, 0.3) is 11.5 Å². The molecule has 0 saturated carbocycles. The fraction of sp³-hybridized carbons (Fsp3) is 0.211. The van der Waals surface area contributed by atoms with E-state index in [0.717, 1.165) is 11.1 Å². The van der Waals surface area contributed by atoms with E-state index in [-0.39, 0.29) is 24.4 Å². The van der Waals surface area contributed by atoms with E-state index in [1.807, 2.05) is 31.2 Å². The van der Waals surface area contributed by atoms with E-state index >= 15 is 0 Å². The van der Waals surface area contributed by atoms with Crippen LogP contribution < -0.4 is 5.32 Å². The molecule has 0 spiro atoms. The first kappa shape index (κ1) is 18.2. The topological polar surface area (TPSA) is 111 Å². The molecule has 3 rings (SSSR count). The number of anilines is 1. The normalized spacial score (nSPS) is 10.6. The average Bonchev–Trinajstić information content (AvgIpc) is 3.11. The van der Waals surface area contributed by atoms with Crippen LogP contribution in [-0.2, 0) is 11.2 Å². The summed E-state index contributed by atoms with van der Waals surface area (Å²) in [5, 5.41) is 21.6. The number of benzene rings is 2. The number of nitrogens with zero attached hydrogens (tertiary/aromatic N) is 3. The van der Waals surface area contributed by atoms with Crippen molar-refractivity contribution in [3.05, 3.63) is 69.6 Å². The molecule has 0 bridgehead atoms. The molecule has 2 aromatic carbocycles. The molecule has 0 aliphatic carbocycles. The molecule has 27 heavy (non-hydrogen) atoms. The van der Waals surface area contributed by atoms with Gasteiger partial charge >= 0.3 is 0 Å². The van der Waals surface area contributed by atoms with Gasteiger partial charge in [-0.25, -0.2) is 0 Å². The molecule has 1 aromatic heterocycles. The van der Waals surface area contributed by atoms with Crippen LogP contribution in [0, 0.1) is 24.0 Å². The van der Waals surface area contributed by atoms with Gasteiger partial charge in [0.15, 0.2) is 0 Å². The zero-order chi connectivity index (χ0) is 19.4. The van der Waals surface area contributed by atoms with Crippen LogP contribution in [0.5, 0.6) is 0 Å². The van der Waals surface area contributed by atoms with Crippen molar-refractivity contribution < 1.29 is 14.1 Å². The Morgan fingerprint density at radius 3 is 2.59 bits per heavy atom. The van der Waals surface area contributed by atoms with Crippen molar-refractivity contribution in [1.82, 2.24) is 10.2 Å². The van der Waals surface area contributed by atoms with Crippen molar-refractivity contribution in [2.24, 2.45) is 0 Å². The summed E-state index contributed by atoms with van der Waals surface area (Å²) in [6.07, 6.45) is 0.399. The number of nitro benzene ring substituents is 1. The number of carbonyl (C=O) groups is 1. The molecule has 1 heterocycles. The maximum Gasteiger partial charge on any atom is 0.274 e. The Morgan fingerprint density at radius 2 is 1.89 bits per heavy atom. The third kappa shape index (κ3) is 4.35. The second kappa shape index (κ2) is 7.77. The first-order valence-electron chi connectivity index (χ1n) is 8.37. The Bertz CT molecular complexity index is 980. The third-order valence-corrected chi connectivity index (χ3v) is 4.11. The maximum absolute atomic E-state index is 12.2. The molecule has 1 amide bonds. The lowest BCUT2D eigenvalue weighted by Crippen LogP contribution is -2.13. The molecule has 8 heteroatoms. The van der Waals surface area contributed by atoms with Crippen molar-refractivity contribution in [2.45, 2.75) is 26.7 Å². The molecule has 0 saturated heterocycles. The van der Waals surface area contributed by atoms with Gasteiger partial charge in [-0.1, -0.05) is 23.8 Å². The van der Waals surface area contributed by atoms with E-state index in [0.29, 0.717) is 23.0 Å². The van der Waals surface area contributed by atoms with Gasteiger partial charge in [0.2, 0.25) is 17.7 Å². The summed E-state index contributed by atoms with van der Waals surface area (Å²) in [7, 11) is 0. The number of aryl methyl sites for hydroxylation is 2. The number of nitro groups is 1. The van der Waals surface area contributed by atoms with Crippen LogP contribution in [0.3, 0.4) is 0 Å². The largest absolute Gasteiger partial charge is 0.421 e. The number of aromatic nitrogens is 2. The van der Waals surface area contributed by atoms with Gasteiger partial charge in [-0.2, -0.15) is 0 Å². The molecule has 0 fully saturated rings. The molecule has 0 radical (unpaired) electrons. The van der Waals surface area contributed by atoms with E-state index in [1.54, 1.807) is 13.0 Å². The Morgan fingerprint density at radius 1 is 1.15 bits per heavy atom. The second-order valence-corrected chi connectivity index (χ2v) is 6.12. The van der Waals surface area contributed by atoms with Crippen molar-refractivity contribution >= 4 is 17.3 Å². The van der Waals surface area contributed by atoms with Crippen molar-refractivity contribution in [1.29, 1.82) is 0 Å². The molecule has 0 aliphatic rings. The van der Waals surface area contributed by atoms with Crippen LogP contribution in [0.15, 0.2) is 46.9 Å². The SMILES string of the molecule is Cc1ccc(-c2nnc(CCC(=O)Nc3cccc([N+](=O)[O-])c3C)o2)cc1. The van der Waals surface area contributed by atoms with Gasteiger partial charge in [-0.05, 0) is 32.0 Å². The zero-order valence-electron chi connectivity index (χ0n) is 14.9. The van der Waals surface area contributed by atoms with Gasteiger partial charge in [-0.15, -0.1) is 10.2 Å². The van der Waals surface area contributed by atoms with Crippen LogP contribution in [0.4, 0.5) is 11.4 Å². The van der Waals surface area contributed by atoms with Gasteiger partial charge < -0.3 is 9.73 Å². The summed E-state index contributed by atoms with van der Waals surface area (Å²) in [5.74, 6) is 0.477. The highest BCUT2D eigenvalue weighted by atomic mass is 16.6. The monoisotopic (exact) mass is 366 g/mol. The van der Waals surface area contributed by atoms with Crippen molar-refractivity contribution in [3.63, 3.8) is 0 Å². The highest BCUT2D eigenvalue weighted by Gasteiger charge is 2.15. The lowest BCUT2D eigenvalue weighted by Gasteiger charge is -2.07. The Kier molecular flexibility index (Phi) is 5.25. The van der Waals surface area contributed by atoms with E-state index in [2.05, 4.69) is 15.5 Å². The van der Waals surface area contributed by atoms with E-state index in [4.69, 9.17) is 4.42 Å². The summed E-state index contributed by atoms with van der Waals surface area (Å²) in [5.41, 5.74) is 2.74. The molecular formula is C19H18N4O4. The fourth-order valence-electron chi connectivity index (χ4n) is 2.56. The molecule has 138 valence electrons. The van der Waals surface area contributed by atoms with Crippen LogP contribution in [0.2, 0.25) is 0 Å². The fourth-order valence-corrected chi connectivity index (χ4v) is 2.56. The van der Waals surface area contributed by atoms with E-state index < -0.39 is 4.92 Å². The lowest BCUT2D eigenvalue weighted by molar-refractivity contribution is -0.385. The zero-order valence-corrected chi connectivity index (χ0v) is 14.9. The minimum absolute atomic E-state index is 0.0348. The number of amides is 1. The van der Waals surface area contributed by atoms with Gasteiger partial charge in [-0.3, -0.25) is 14.9 Å². The van der Waals surface area contributed by atoms with Crippen LogP contribution >= 0.6 is 0 Å². The quantitative estimate of drug-likeness (QED) is 0.524. The molecule has 0 atom stereocenters. The standard InChI is InChI=1S/C19H18N4O4/c1-12-6-8-14(9-7-12)19-22-21-18(27-19)11-10-17(24)20-15-4-3-5-16(13(15)2)23(25)26/h3-9H,10-11H2,1-2H3,(H,20,24). The van der Waals surface area contributed by atoms with Gasteiger partial charge in [0, 0.05) is 24.5 Å². The molecular weight excluding hydrogens is 348 g/mol. The highest BCUT2D eigenvalue weighted by molar-refractivity contribution is 5.92. The van der Waals surface area contributed by atoms with Gasteiger partial charge in [0.05, 0.1) is 16.2 Å². The van der Waals surface area contributed by atoms with Crippen molar-refractivity contribution in [3.8, 4) is 11.5 Å². The minimum Gasteiger partial charge on any atom is -0.421 e. The summed E-state index contributed by atoms with van der Waals surface area (Å²) >= 11 is 0. The summed E-state index contributed by atoms with van der Waals surface area (Å²) in [4.78, 5) is 22.7. The molecule has 0 unspecified atom stereocenters. The third-order valence-electron chi connectivity index (χ3n) is 4.11. The number of rotatable bonds is 6. The van der Waals surface area contributed by atoms with Crippen LogP contribution in [-0.4, -0.2) is 21.0 Å². The first-order valence-corrected chi connectivity index (χ1v) is 8.37. The Labute approximate surface area is 155 Å². The van der Waals surface area contributed by atoms with Crippen molar-refractivity contribution in [2.75, 3.05) is 5.32 Å². The number of nitrogens with one attached hydrogen (secondary N) is 1. The number of hydrogen-bond acceptors (Lipinski definition) is 6.